The minimum Gasteiger partial charge on any atom is -0.454 e. The monoisotopic (exact) mass is 647 g/mol. The molecular formula is C31H35Cl2N3O6S. The van der Waals surface area contributed by atoms with Crippen molar-refractivity contribution in [2.45, 2.75) is 52.2 Å². The first-order chi connectivity index (χ1) is 20.3. The molecule has 0 radical (unpaired) electrons. The number of nitrogens with zero attached hydrogens (tertiary/aromatic N) is 2. The van der Waals surface area contributed by atoms with Crippen molar-refractivity contribution in [1.82, 2.24) is 10.2 Å². The van der Waals surface area contributed by atoms with Gasteiger partial charge in [0.1, 0.15) is 12.6 Å². The molecule has 0 saturated carbocycles. The zero-order chi connectivity index (χ0) is 31.4. The summed E-state index contributed by atoms with van der Waals surface area (Å²) >= 11 is 12.4. The van der Waals surface area contributed by atoms with Crippen LogP contribution in [0.15, 0.2) is 66.7 Å². The van der Waals surface area contributed by atoms with Gasteiger partial charge in [-0.05, 0) is 63.1 Å². The van der Waals surface area contributed by atoms with Crippen molar-refractivity contribution in [3.8, 4) is 11.5 Å². The van der Waals surface area contributed by atoms with E-state index in [1.165, 1.54) is 17.9 Å². The van der Waals surface area contributed by atoms with Gasteiger partial charge in [-0.1, -0.05) is 59.6 Å². The highest BCUT2D eigenvalue weighted by atomic mass is 35.5. The standard InChI is InChI=1S/C31H35Cl2N3O6S/c1-5-43(39,40)36(23-12-14-27-28(17-23)42-20-41-27)19-29(37)35(18-22-11-13-24(32)25(33)15-22)26(30(38)34-31(2,3)4)16-21-9-7-6-8-10-21/h6-15,17,26H,5,16,18-20H2,1-4H3,(H,34,38)/t26-/m0/s1. The molecule has 12 heteroatoms. The number of carbonyl (C=O) groups excluding carboxylic acids is 2. The second kappa shape index (κ2) is 13.4. The lowest BCUT2D eigenvalue weighted by atomic mass is 10.0. The summed E-state index contributed by atoms with van der Waals surface area (Å²) in [5.41, 5.74) is 1.11. The minimum atomic E-state index is -3.93. The van der Waals surface area contributed by atoms with Crippen molar-refractivity contribution >= 4 is 50.7 Å². The minimum absolute atomic E-state index is 0.0136. The summed E-state index contributed by atoms with van der Waals surface area (Å²) in [6, 6.07) is 18.0. The molecule has 1 aliphatic rings. The fourth-order valence-corrected chi connectivity index (χ4v) is 5.98. The van der Waals surface area contributed by atoms with Crippen molar-refractivity contribution in [3.63, 3.8) is 0 Å². The van der Waals surface area contributed by atoms with Gasteiger partial charge in [0.25, 0.3) is 0 Å². The van der Waals surface area contributed by atoms with E-state index in [0.29, 0.717) is 27.1 Å². The van der Waals surface area contributed by atoms with Gasteiger partial charge in [-0.3, -0.25) is 13.9 Å². The number of amides is 2. The number of hydrogen-bond acceptors (Lipinski definition) is 6. The van der Waals surface area contributed by atoms with Crippen LogP contribution in [-0.2, 0) is 32.6 Å². The van der Waals surface area contributed by atoms with E-state index in [0.717, 1.165) is 9.87 Å². The van der Waals surface area contributed by atoms with Crippen molar-refractivity contribution < 1.29 is 27.5 Å². The maximum absolute atomic E-state index is 14.3. The molecule has 3 aromatic rings. The molecule has 0 spiro atoms. The van der Waals surface area contributed by atoms with Gasteiger partial charge in [-0.2, -0.15) is 0 Å². The quantitative estimate of drug-likeness (QED) is 0.297. The van der Waals surface area contributed by atoms with Crippen molar-refractivity contribution in [3.05, 3.63) is 87.9 Å². The number of anilines is 1. The molecule has 0 fully saturated rings. The zero-order valence-electron chi connectivity index (χ0n) is 24.5. The van der Waals surface area contributed by atoms with Crippen LogP contribution in [-0.4, -0.2) is 55.8 Å². The first-order valence-electron chi connectivity index (χ1n) is 13.8. The van der Waals surface area contributed by atoms with Gasteiger partial charge < -0.3 is 19.7 Å². The van der Waals surface area contributed by atoms with E-state index in [1.807, 2.05) is 51.1 Å². The summed E-state index contributed by atoms with van der Waals surface area (Å²) in [7, 11) is -3.93. The summed E-state index contributed by atoms with van der Waals surface area (Å²) in [5, 5.41) is 3.63. The highest BCUT2D eigenvalue weighted by molar-refractivity contribution is 7.92. The Hall–Kier alpha value is -3.47. The third-order valence-corrected chi connectivity index (χ3v) is 9.21. The van der Waals surface area contributed by atoms with E-state index >= 15 is 0 Å². The van der Waals surface area contributed by atoms with E-state index in [-0.39, 0.29) is 37.1 Å². The van der Waals surface area contributed by atoms with E-state index in [4.69, 9.17) is 32.7 Å². The molecule has 9 nitrogen and oxygen atoms in total. The highest BCUT2D eigenvalue weighted by Gasteiger charge is 2.35. The lowest BCUT2D eigenvalue weighted by Crippen LogP contribution is -2.56. The number of halogens is 2. The predicted molar refractivity (Wildman–Crippen MR) is 168 cm³/mol. The molecule has 43 heavy (non-hydrogen) atoms. The molecule has 1 atom stereocenters. The number of nitrogens with one attached hydrogen (secondary N) is 1. The third-order valence-electron chi connectivity index (χ3n) is 6.73. The number of carbonyl (C=O) groups is 2. The maximum atomic E-state index is 14.3. The molecule has 1 N–H and O–H groups in total. The molecule has 4 rings (SSSR count). The van der Waals surface area contributed by atoms with Crippen LogP contribution in [0.5, 0.6) is 11.5 Å². The van der Waals surface area contributed by atoms with Crippen LogP contribution in [0.1, 0.15) is 38.8 Å². The normalized spacial score (nSPS) is 13.3. The summed E-state index contributed by atoms with van der Waals surface area (Å²) in [4.78, 5) is 29.6. The Labute approximate surface area is 262 Å². The Kier molecular flexibility index (Phi) is 10.1. The van der Waals surface area contributed by atoms with E-state index in [2.05, 4.69) is 5.32 Å². The summed E-state index contributed by atoms with van der Waals surface area (Å²) in [5.74, 6) is -0.352. The lowest BCUT2D eigenvalue weighted by molar-refractivity contribution is -0.140. The second-order valence-electron chi connectivity index (χ2n) is 11.2. The molecule has 0 bridgehead atoms. The van der Waals surface area contributed by atoms with Gasteiger partial charge in [0.2, 0.25) is 28.6 Å². The molecule has 3 aromatic carbocycles. The number of benzene rings is 3. The fraction of sp³-hybridized carbons (Fsp3) is 0.355. The third kappa shape index (κ3) is 8.34. The summed E-state index contributed by atoms with van der Waals surface area (Å²) in [6.45, 7) is 6.50. The van der Waals surface area contributed by atoms with Gasteiger partial charge in [0, 0.05) is 24.6 Å². The second-order valence-corrected chi connectivity index (χ2v) is 14.2. The lowest BCUT2D eigenvalue weighted by Gasteiger charge is -2.35. The van der Waals surface area contributed by atoms with Gasteiger partial charge in [0.05, 0.1) is 21.5 Å². The van der Waals surface area contributed by atoms with Gasteiger partial charge in [-0.15, -0.1) is 0 Å². The van der Waals surface area contributed by atoms with Crippen molar-refractivity contribution in [1.29, 1.82) is 0 Å². The Balaban J connectivity index is 1.77. The van der Waals surface area contributed by atoms with Gasteiger partial charge in [-0.25, -0.2) is 8.42 Å². The molecule has 1 heterocycles. The van der Waals surface area contributed by atoms with Gasteiger partial charge in [0.15, 0.2) is 11.5 Å². The van der Waals surface area contributed by atoms with E-state index in [1.54, 1.807) is 30.3 Å². The Morgan fingerprint density at radius 2 is 1.63 bits per heavy atom. The van der Waals surface area contributed by atoms with Crippen molar-refractivity contribution in [2.75, 3.05) is 23.4 Å². The zero-order valence-corrected chi connectivity index (χ0v) is 26.8. The number of hydrogen-bond donors (Lipinski definition) is 1. The van der Waals surface area contributed by atoms with Crippen LogP contribution in [0.25, 0.3) is 0 Å². The molecule has 0 aromatic heterocycles. The first-order valence-corrected chi connectivity index (χ1v) is 16.1. The molecule has 2 amide bonds. The van der Waals surface area contributed by atoms with Crippen LogP contribution in [0.3, 0.4) is 0 Å². The largest absolute Gasteiger partial charge is 0.454 e. The highest BCUT2D eigenvalue weighted by Crippen LogP contribution is 2.36. The van der Waals surface area contributed by atoms with Crippen LogP contribution in [0.4, 0.5) is 5.69 Å². The molecule has 230 valence electrons. The number of ether oxygens (including phenoxy) is 2. The van der Waals surface area contributed by atoms with Crippen molar-refractivity contribution in [2.24, 2.45) is 0 Å². The van der Waals surface area contributed by atoms with E-state index in [9.17, 15) is 18.0 Å². The average molecular weight is 649 g/mol. The average Bonchev–Trinajstić information content (AvgIpc) is 3.43. The topological polar surface area (TPSA) is 105 Å². The number of fused-ring (bicyclic) bond motifs is 1. The summed E-state index contributed by atoms with van der Waals surface area (Å²) < 4.78 is 38.6. The fourth-order valence-electron chi connectivity index (χ4n) is 4.60. The molecule has 0 unspecified atom stereocenters. The molecule has 0 aliphatic carbocycles. The van der Waals surface area contributed by atoms with Crippen LogP contribution in [0, 0.1) is 0 Å². The number of rotatable bonds is 11. The Morgan fingerprint density at radius 3 is 2.28 bits per heavy atom. The van der Waals surface area contributed by atoms with Crippen LogP contribution in [0.2, 0.25) is 10.0 Å². The Bertz CT molecular complexity index is 1580. The van der Waals surface area contributed by atoms with Crippen LogP contribution < -0.4 is 19.1 Å². The number of sulfonamides is 1. The smallest absolute Gasteiger partial charge is 0.244 e. The van der Waals surface area contributed by atoms with Crippen LogP contribution >= 0.6 is 23.2 Å². The molecule has 1 aliphatic heterocycles. The predicted octanol–water partition coefficient (Wildman–Crippen LogP) is 5.43. The van der Waals surface area contributed by atoms with Gasteiger partial charge >= 0.3 is 0 Å². The summed E-state index contributed by atoms with van der Waals surface area (Å²) in [6.07, 6.45) is 0.195. The Morgan fingerprint density at radius 1 is 0.930 bits per heavy atom. The van der Waals surface area contributed by atoms with E-state index < -0.39 is 34.1 Å². The SMILES string of the molecule is CCS(=O)(=O)N(CC(=O)N(Cc1ccc(Cl)c(Cl)c1)[C@@H](Cc1ccccc1)C(=O)NC(C)(C)C)c1ccc2c(c1)OCO2. The molecular weight excluding hydrogens is 613 g/mol. The first kappa shape index (κ1) is 32.4. The molecule has 0 saturated heterocycles. The maximum Gasteiger partial charge on any atom is 0.244 e.